The first-order valence-electron chi connectivity index (χ1n) is 30.2. The van der Waals surface area contributed by atoms with Gasteiger partial charge in [-0.3, -0.25) is 0 Å². The van der Waals surface area contributed by atoms with Crippen LogP contribution >= 0.6 is 31.9 Å². The van der Waals surface area contributed by atoms with E-state index in [0.717, 1.165) is 113 Å². The summed E-state index contributed by atoms with van der Waals surface area (Å²) >= 11 is 6.70. The molecule has 20 nitrogen and oxygen atoms in total. The van der Waals surface area contributed by atoms with E-state index in [1.54, 1.807) is 60.7 Å². The number of aldehydes is 1. The van der Waals surface area contributed by atoms with Gasteiger partial charge in [-0.2, -0.15) is 15.8 Å². The lowest BCUT2D eigenvalue weighted by atomic mass is 10.0. The molecule has 0 unspecified atom stereocenters. The molecule has 22 heteroatoms. The smallest absolute Gasteiger partial charge is 0.337 e. The summed E-state index contributed by atoms with van der Waals surface area (Å²) < 4.78 is 45.4. The molecule has 0 bridgehead atoms. The normalized spacial score (nSPS) is 12.5. The minimum Gasteiger partial charge on any atom is -0.465 e. The largest absolute Gasteiger partial charge is 0.465 e. The summed E-state index contributed by atoms with van der Waals surface area (Å²) in [5.74, 6) is -1.46. The zero-order valence-corrected chi connectivity index (χ0v) is 55.9. The number of hydrogen-bond acceptors (Lipinski definition) is 16. The Bertz CT molecular complexity index is 4730. The lowest BCUT2D eigenvalue weighted by molar-refractivity contribution is -0.108. The second kappa shape index (κ2) is 34.1. The van der Waals surface area contributed by atoms with Crippen LogP contribution in [0.2, 0.25) is 0 Å². The lowest BCUT2D eigenvalue weighted by Gasteiger charge is -2.10. The summed E-state index contributed by atoms with van der Waals surface area (Å²) in [5.41, 5.74) is 13.2. The molecular weight excluding hydrogens is 1350 g/mol. The standard InChI is InChI=1S/C22H20N2O4.C20H16N2O3.C17H12N2O2.C10H8BrNO2.C5H9BrO2/c1-26-22(25)17-5-6-18-19(16-4-2-3-15(11-16)13-23)14-24(20(18)12-17)8-7-21-27-9-10-28-21;1-25-20(24)16-6-7-17-18(15-5-2-4-14(10-15)12-21)13-22(8-3-9-23)19(17)11-16;1-21-17(20)13-5-6-14-15(10-19-16(14)8-13)12-4-2-3-11(7-12)9-18;1-14-10(13)6-2-3-7-8(11)5-12-9(7)4-6;6-2-1-5-7-3-4-8-5/h2-6,11-12,14,21H,7-10H2,1H3;2,4-7,9-11,13H,3,8H2,1H3;2-8,10,19H,1H3;2-5,12H,1H3;5H,1-4H2. The second-order valence-electron chi connectivity index (χ2n) is 21.4. The van der Waals surface area contributed by atoms with Crippen LogP contribution in [0.15, 0.2) is 175 Å². The number of nitriles is 3. The Hall–Kier alpha value is -10.5. The number of rotatable bonds is 15. The van der Waals surface area contributed by atoms with E-state index in [2.05, 4.69) is 75.5 Å². The summed E-state index contributed by atoms with van der Waals surface area (Å²) in [5, 5.41) is 32.3. The Balaban J connectivity index is 0.000000147. The monoisotopic (exact) mass is 1420 g/mol. The molecule has 13 rings (SSSR count). The number of alkyl halides is 1. The van der Waals surface area contributed by atoms with Crippen molar-refractivity contribution in [2.45, 2.75) is 44.9 Å². The number of methoxy groups -OCH3 is 4. The molecule has 6 heterocycles. The zero-order valence-electron chi connectivity index (χ0n) is 52.8. The Morgan fingerprint density at radius 1 is 0.500 bits per heavy atom. The Morgan fingerprint density at radius 3 is 1.31 bits per heavy atom. The van der Waals surface area contributed by atoms with Gasteiger partial charge in [0.2, 0.25) is 0 Å². The number of ether oxygens (including phenoxy) is 8. The predicted octanol–water partition coefficient (Wildman–Crippen LogP) is 14.6. The molecule has 0 spiro atoms. The van der Waals surface area contributed by atoms with Crippen LogP contribution in [-0.2, 0) is 55.8 Å². The van der Waals surface area contributed by atoms with Crippen molar-refractivity contribution in [1.82, 2.24) is 19.1 Å². The number of nitrogens with one attached hydrogen (secondary N) is 2. The number of carbonyl (C=O) groups is 5. The van der Waals surface area contributed by atoms with Crippen LogP contribution in [0.5, 0.6) is 0 Å². The van der Waals surface area contributed by atoms with Gasteiger partial charge in [-0.05, 0) is 118 Å². The Labute approximate surface area is 569 Å². The van der Waals surface area contributed by atoms with Gasteiger partial charge in [0.25, 0.3) is 0 Å². The van der Waals surface area contributed by atoms with Gasteiger partial charge in [0.05, 0.1) is 112 Å². The number of aromatic amines is 2. The van der Waals surface area contributed by atoms with Gasteiger partial charge in [-0.1, -0.05) is 76.6 Å². The van der Waals surface area contributed by atoms with Crippen molar-refractivity contribution in [2.75, 3.05) is 60.2 Å². The van der Waals surface area contributed by atoms with E-state index in [1.807, 2.05) is 108 Å². The van der Waals surface area contributed by atoms with E-state index in [0.29, 0.717) is 78.1 Å². The average Bonchev–Trinajstić information content (AvgIpc) is 1.65. The van der Waals surface area contributed by atoms with Gasteiger partial charge in [-0.25, -0.2) is 19.2 Å². The zero-order chi connectivity index (χ0) is 68.1. The molecule has 0 atom stereocenters. The van der Waals surface area contributed by atoms with Crippen LogP contribution in [0.4, 0.5) is 0 Å². The number of benzene rings is 7. The van der Waals surface area contributed by atoms with E-state index in [9.17, 15) is 29.2 Å². The van der Waals surface area contributed by atoms with Crippen LogP contribution in [-0.4, -0.2) is 122 Å². The third-order valence-electron chi connectivity index (χ3n) is 15.5. The minimum absolute atomic E-state index is 0.0642. The van der Waals surface area contributed by atoms with Crippen molar-refractivity contribution >= 4 is 106 Å². The van der Waals surface area contributed by atoms with E-state index in [4.69, 9.17) is 43.7 Å². The van der Waals surface area contributed by atoms with Crippen LogP contribution in [0.1, 0.15) is 77.4 Å². The maximum Gasteiger partial charge on any atom is 0.337 e. The summed E-state index contributed by atoms with van der Waals surface area (Å²) in [7, 11) is 5.45. The van der Waals surface area contributed by atoms with Gasteiger partial charge in [0.15, 0.2) is 12.6 Å². The first kappa shape index (κ1) is 69.9. The number of H-pyrrole nitrogens is 2. The number of aryl methyl sites for hydroxylation is 2. The fourth-order valence-electron chi connectivity index (χ4n) is 10.8. The van der Waals surface area contributed by atoms with Gasteiger partial charge >= 0.3 is 23.9 Å². The van der Waals surface area contributed by atoms with Crippen LogP contribution in [0.3, 0.4) is 0 Å². The average molecular weight is 1420 g/mol. The first-order valence-corrected chi connectivity index (χ1v) is 32.1. The van der Waals surface area contributed by atoms with Crippen molar-refractivity contribution in [3.63, 3.8) is 0 Å². The van der Waals surface area contributed by atoms with Gasteiger partial charge in [-0.15, -0.1) is 0 Å². The Kier molecular flexibility index (Phi) is 24.8. The summed E-state index contributed by atoms with van der Waals surface area (Å²) in [6, 6.07) is 50.4. The Morgan fingerprint density at radius 2 is 0.885 bits per heavy atom. The van der Waals surface area contributed by atoms with Crippen molar-refractivity contribution in [3.05, 3.63) is 214 Å². The van der Waals surface area contributed by atoms with Gasteiger partial charge in [0.1, 0.15) is 6.29 Å². The van der Waals surface area contributed by atoms with E-state index in [-0.39, 0.29) is 30.5 Å². The highest BCUT2D eigenvalue weighted by atomic mass is 79.9. The number of fused-ring (bicyclic) bond motifs is 4. The van der Waals surface area contributed by atoms with Crippen LogP contribution < -0.4 is 0 Å². The molecule has 0 saturated carbocycles. The first-order chi connectivity index (χ1) is 46.7. The number of halogens is 2. The summed E-state index contributed by atoms with van der Waals surface area (Å²) in [6.45, 7) is 3.97. The number of nitrogens with zero attached hydrogens (tertiary/aromatic N) is 5. The molecule has 2 saturated heterocycles. The molecule has 7 aromatic carbocycles. The molecule has 0 amide bonds. The maximum atomic E-state index is 12.0. The molecule has 2 aliphatic heterocycles. The number of hydrogen-bond donors (Lipinski definition) is 2. The molecule has 11 aromatic rings. The van der Waals surface area contributed by atoms with Crippen LogP contribution in [0.25, 0.3) is 77.0 Å². The van der Waals surface area contributed by atoms with Crippen molar-refractivity contribution < 1.29 is 61.9 Å². The van der Waals surface area contributed by atoms with E-state index < -0.39 is 5.97 Å². The van der Waals surface area contributed by atoms with Crippen LogP contribution in [0, 0.1) is 34.0 Å². The highest BCUT2D eigenvalue weighted by Gasteiger charge is 2.21. The molecule has 2 aliphatic rings. The van der Waals surface area contributed by atoms with E-state index in [1.165, 1.54) is 28.4 Å². The molecule has 96 heavy (non-hydrogen) atoms. The van der Waals surface area contributed by atoms with Gasteiger partial charge in [0, 0.05) is 127 Å². The topological polar surface area (TPSA) is 272 Å². The highest BCUT2D eigenvalue weighted by molar-refractivity contribution is 9.10. The maximum absolute atomic E-state index is 12.0. The third kappa shape index (κ3) is 17.3. The van der Waals surface area contributed by atoms with Crippen molar-refractivity contribution in [1.29, 1.82) is 15.8 Å². The molecule has 0 radical (unpaired) electrons. The third-order valence-corrected chi connectivity index (χ3v) is 16.6. The number of esters is 4. The summed E-state index contributed by atoms with van der Waals surface area (Å²) in [4.78, 5) is 63.5. The minimum atomic E-state index is -0.405. The van der Waals surface area contributed by atoms with Crippen molar-refractivity contribution in [2.24, 2.45) is 0 Å². The molecule has 2 fully saturated rings. The molecule has 0 aliphatic carbocycles. The molecule has 4 aromatic heterocycles. The van der Waals surface area contributed by atoms with E-state index >= 15 is 0 Å². The van der Waals surface area contributed by atoms with Gasteiger partial charge < -0.3 is 61.8 Å². The predicted molar refractivity (Wildman–Crippen MR) is 369 cm³/mol. The molecular formula is C74H65Br2N7O13. The number of aromatic nitrogens is 4. The van der Waals surface area contributed by atoms with Crippen molar-refractivity contribution in [3.8, 4) is 51.6 Å². The number of carbonyl (C=O) groups excluding carboxylic acids is 5. The quantitative estimate of drug-likeness (QED) is 0.0418. The lowest BCUT2D eigenvalue weighted by Crippen LogP contribution is -2.11. The molecule has 2 N–H and O–H groups in total. The second-order valence-corrected chi connectivity index (χ2v) is 23.1. The molecule has 488 valence electrons. The SMILES string of the molecule is BrCCC1OCCO1.COC(=O)c1ccc2c(-c3cccc(C#N)c3)c[nH]c2c1.COC(=O)c1ccc2c(-c3cccc(C#N)c3)cn(CCC3OCCO3)c2c1.COC(=O)c1ccc2c(-c3cccc(C#N)c3)cn(CCC=O)c2c1.COC(=O)c1ccc2c(Br)c[nH]c2c1. The highest BCUT2D eigenvalue weighted by Crippen LogP contribution is 2.35. The fraction of sp³-hybridized carbons (Fsp3) is 0.216. The summed E-state index contributed by atoms with van der Waals surface area (Å²) in [6.07, 6.45) is 10.5. The fourth-order valence-corrected chi connectivity index (χ4v) is 11.6.